The van der Waals surface area contributed by atoms with E-state index in [1.165, 1.54) is 17.8 Å². The summed E-state index contributed by atoms with van der Waals surface area (Å²) in [6.07, 6.45) is 1.64. The van der Waals surface area contributed by atoms with Gasteiger partial charge in [0.05, 0.1) is 5.02 Å². The molecule has 3 N–H and O–H groups in total. The quantitative estimate of drug-likeness (QED) is 0.829. The molecule has 0 aliphatic heterocycles. The number of halogens is 1. The summed E-state index contributed by atoms with van der Waals surface area (Å²) in [6.45, 7) is 3.85. The molecule has 1 unspecified atom stereocenters. The zero-order valence-electron chi connectivity index (χ0n) is 12.0. The largest absolute Gasteiger partial charge is 0.327 e. The summed E-state index contributed by atoms with van der Waals surface area (Å²) >= 11 is 7.67. The highest BCUT2D eigenvalue weighted by molar-refractivity contribution is 7.99. The van der Waals surface area contributed by atoms with Crippen LogP contribution in [0.3, 0.4) is 0 Å². The first kappa shape index (κ1) is 16.1. The summed E-state index contributed by atoms with van der Waals surface area (Å²) in [5, 5.41) is 1.18. The Hall–Kier alpha value is -1.30. The van der Waals surface area contributed by atoms with Crippen LogP contribution in [0.15, 0.2) is 39.1 Å². The average molecular weight is 324 g/mol. The number of nitrogens with one attached hydrogen (secondary N) is 1. The normalized spacial score (nSPS) is 12.4. The van der Waals surface area contributed by atoms with Gasteiger partial charge in [-0.3, -0.25) is 4.79 Å². The van der Waals surface area contributed by atoms with Crippen molar-refractivity contribution in [2.45, 2.75) is 42.8 Å². The van der Waals surface area contributed by atoms with Gasteiger partial charge >= 0.3 is 0 Å². The second-order valence-corrected chi connectivity index (χ2v) is 6.30. The van der Waals surface area contributed by atoms with Crippen molar-refractivity contribution < 1.29 is 0 Å². The van der Waals surface area contributed by atoms with E-state index in [1.54, 1.807) is 6.92 Å². The Bertz CT molecular complexity index is 687. The van der Waals surface area contributed by atoms with Crippen LogP contribution < -0.4 is 11.3 Å². The third kappa shape index (κ3) is 4.33. The van der Waals surface area contributed by atoms with Gasteiger partial charge in [0.25, 0.3) is 5.56 Å². The van der Waals surface area contributed by atoms with Crippen molar-refractivity contribution in [2.24, 2.45) is 5.73 Å². The highest BCUT2D eigenvalue weighted by Gasteiger charge is 2.13. The predicted molar refractivity (Wildman–Crippen MR) is 87.1 cm³/mol. The predicted octanol–water partition coefficient (Wildman–Crippen LogP) is 3.16. The summed E-state index contributed by atoms with van der Waals surface area (Å²) in [6, 6.07) is 7.31. The Labute approximate surface area is 133 Å². The van der Waals surface area contributed by atoms with Crippen LogP contribution in [0.5, 0.6) is 0 Å². The minimum Gasteiger partial charge on any atom is -0.327 e. The van der Waals surface area contributed by atoms with Gasteiger partial charge in [0.2, 0.25) is 0 Å². The van der Waals surface area contributed by atoms with E-state index >= 15 is 0 Å². The Morgan fingerprint density at radius 1 is 1.48 bits per heavy atom. The molecule has 0 saturated heterocycles. The first-order valence-corrected chi connectivity index (χ1v) is 7.97. The van der Waals surface area contributed by atoms with Gasteiger partial charge in [-0.05, 0) is 43.2 Å². The molecule has 2 aromatic rings. The van der Waals surface area contributed by atoms with Crippen molar-refractivity contribution in [2.75, 3.05) is 0 Å². The summed E-state index contributed by atoms with van der Waals surface area (Å²) in [5.74, 6) is 0. The number of aromatic amines is 1. The monoisotopic (exact) mass is 323 g/mol. The summed E-state index contributed by atoms with van der Waals surface area (Å²) in [4.78, 5) is 19.5. The summed E-state index contributed by atoms with van der Waals surface area (Å²) < 4.78 is 0. The molecule has 4 nitrogen and oxygen atoms in total. The van der Waals surface area contributed by atoms with Crippen molar-refractivity contribution in [3.8, 4) is 0 Å². The van der Waals surface area contributed by atoms with Crippen molar-refractivity contribution in [1.29, 1.82) is 0 Å². The molecule has 112 valence electrons. The lowest BCUT2D eigenvalue weighted by atomic mass is 10.0. The molecule has 6 heteroatoms. The number of benzene rings is 1. The molecule has 0 bridgehead atoms. The minimum atomic E-state index is -0.163. The zero-order chi connectivity index (χ0) is 15.4. The van der Waals surface area contributed by atoms with Crippen LogP contribution in [-0.4, -0.2) is 16.0 Å². The van der Waals surface area contributed by atoms with E-state index in [0.717, 1.165) is 23.3 Å². The molecule has 0 fully saturated rings. The van der Waals surface area contributed by atoms with E-state index in [-0.39, 0.29) is 11.6 Å². The van der Waals surface area contributed by atoms with Crippen molar-refractivity contribution in [3.63, 3.8) is 0 Å². The first-order chi connectivity index (χ1) is 9.99. The van der Waals surface area contributed by atoms with E-state index in [1.807, 2.05) is 18.2 Å². The number of aryl methyl sites for hydroxylation is 1. The average Bonchev–Trinajstić information content (AvgIpc) is 2.41. The third-order valence-corrected chi connectivity index (χ3v) is 4.60. The number of aromatic nitrogens is 2. The van der Waals surface area contributed by atoms with Gasteiger partial charge in [-0.2, -0.15) is 0 Å². The summed E-state index contributed by atoms with van der Waals surface area (Å²) in [7, 11) is 0. The maximum atomic E-state index is 11.5. The van der Waals surface area contributed by atoms with Crippen molar-refractivity contribution >= 4 is 23.4 Å². The fourth-order valence-corrected chi connectivity index (χ4v) is 3.24. The molecular formula is C15H18ClN3OS. The third-order valence-electron chi connectivity index (χ3n) is 3.10. The molecule has 1 aromatic carbocycles. The zero-order valence-corrected chi connectivity index (χ0v) is 13.6. The van der Waals surface area contributed by atoms with Gasteiger partial charge in [0.15, 0.2) is 5.16 Å². The van der Waals surface area contributed by atoms with Gasteiger partial charge in [-0.25, -0.2) is 4.98 Å². The molecule has 1 atom stereocenters. The fourth-order valence-electron chi connectivity index (χ4n) is 1.95. The molecule has 0 radical (unpaired) electrons. The van der Waals surface area contributed by atoms with Crippen LogP contribution in [0.4, 0.5) is 0 Å². The van der Waals surface area contributed by atoms with Gasteiger partial charge in [0.1, 0.15) is 0 Å². The number of rotatable bonds is 5. The number of H-pyrrole nitrogens is 1. The number of nitrogens with zero attached hydrogens (tertiary/aromatic N) is 1. The molecule has 1 heterocycles. The maximum Gasteiger partial charge on any atom is 0.251 e. The topological polar surface area (TPSA) is 71.8 Å². The van der Waals surface area contributed by atoms with E-state index in [9.17, 15) is 4.79 Å². The Kier molecular flexibility index (Phi) is 5.45. The molecule has 0 saturated carbocycles. The lowest BCUT2D eigenvalue weighted by molar-refractivity contribution is 0.641. The van der Waals surface area contributed by atoms with Crippen LogP contribution in [0.25, 0.3) is 0 Å². The minimum absolute atomic E-state index is 0.0901. The lowest BCUT2D eigenvalue weighted by Gasteiger charge is -2.14. The molecular weight excluding hydrogens is 306 g/mol. The van der Waals surface area contributed by atoms with Gasteiger partial charge < -0.3 is 10.7 Å². The molecule has 2 rings (SSSR count). The molecule has 21 heavy (non-hydrogen) atoms. The molecule has 0 amide bonds. The number of hydrogen-bond acceptors (Lipinski definition) is 4. The summed E-state index contributed by atoms with van der Waals surface area (Å²) in [5.41, 5.74) is 7.63. The van der Waals surface area contributed by atoms with E-state index in [0.29, 0.717) is 15.9 Å². The molecule has 0 aliphatic carbocycles. The van der Waals surface area contributed by atoms with Crippen molar-refractivity contribution in [3.05, 3.63) is 50.9 Å². The number of nitrogens with two attached hydrogens (primary N) is 1. The first-order valence-electron chi connectivity index (χ1n) is 6.78. The molecule has 1 aromatic heterocycles. The molecule has 0 aliphatic rings. The van der Waals surface area contributed by atoms with E-state index in [2.05, 4.69) is 16.9 Å². The SMILES string of the molecule is CCC(N)Cc1cccc(Cl)c1Sc1nc(C)cc(=O)[nH]1. The van der Waals surface area contributed by atoms with Gasteiger partial charge in [-0.1, -0.05) is 30.7 Å². The van der Waals surface area contributed by atoms with Gasteiger partial charge in [0, 0.05) is 22.7 Å². The smallest absolute Gasteiger partial charge is 0.251 e. The Morgan fingerprint density at radius 2 is 2.24 bits per heavy atom. The highest BCUT2D eigenvalue weighted by atomic mass is 35.5. The lowest BCUT2D eigenvalue weighted by Crippen LogP contribution is -2.21. The number of hydrogen-bond donors (Lipinski definition) is 2. The Morgan fingerprint density at radius 3 is 2.90 bits per heavy atom. The van der Waals surface area contributed by atoms with E-state index < -0.39 is 0 Å². The van der Waals surface area contributed by atoms with Crippen molar-refractivity contribution in [1.82, 2.24) is 9.97 Å². The fraction of sp³-hybridized carbons (Fsp3) is 0.333. The maximum absolute atomic E-state index is 11.5. The van der Waals surface area contributed by atoms with Crippen LogP contribution in [0, 0.1) is 6.92 Å². The Balaban J connectivity index is 2.36. The second-order valence-electron chi connectivity index (χ2n) is 4.89. The highest BCUT2D eigenvalue weighted by Crippen LogP contribution is 2.34. The molecule has 0 spiro atoms. The van der Waals surface area contributed by atoms with E-state index in [4.69, 9.17) is 17.3 Å². The van der Waals surface area contributed by atoms with Crippen LogP contribution in [0.2, 0.25) is 5.02 Å². The van der Waals surface area contributed by atoms with Gasteiger partial charge in [-0.15, -0.1) is 0 Å². The van der Waals surface area contributed by atoms with Crippen LogP contribution in [0.1, 0.15) is 24.6 Å². The van der Waals surface area contributed by atoms with Crippen LogP contribution in [-0.2, 0) is 6.42 Å². The standard InChI is InChI=1S/C15H18ClN3OS/c1-3-11(17)8-10-5-4-6-12(16)14(10)21-15-18-9(2)7-13(20)19-15/h4-7,11H,3,8,17H2,1-2H3,(H,18,19,20). The second kappa shape index (κ2) is 7.11. The van der Waals surface area contributed by atoms with Crippen LogP contribution >= 0.6 is 23.4 Å².